The second-order valence-electron chi connectivity index (χ2n) is 9.76. The number of halogens is 3. The molecule has 2 aromatic carbocycles. The summed E-state index contributed by atoms with van der Waals surface area (Å²) in [5.74, 6) is 5.70. The van der Waals surface area contributed by atoms with Crippen molar-refractivity contribution in [3.8, 4) is 11.8 Å². The molecule has 1 aliphatic heterocycles. The molecule has 42 heavy (non-hydrogen) atoms. The molecular formula is C32H30F3N5O2. The quantitative estimate of drug-likeness (QED) is 0.140. The molecule has 1 aromatic heterocycles. The van der Waals surface area contributed by atoms with Crippen LogP contribution in [-0.4, -0.2) is 41.6 Å². The van der Waals surface area contributed by atoms with Crippen LogP contribution in [0.15, 0.2) is 71.5 Å². The van der Waals surface area contributed by atoms with Crippen LogP contribution in [0.2, 0.25) is 0 Å². The molecule has 0 saturated heterocycles. The number of benzene rings is 2. The molecule has 3 aromatic rings. The second-order valence-corrected chi connectivity index (χ2v) is 9.76. The van der Waals surface area contributed by atoms with Gasteiger partial charge in [-0.2, -0.15) is 13.2 Å². The van der Waals surface area contributed by atoms with Gasteiger partial charge in [-0.3, -0.25) is 9.79 Å². The SMILES string of the molecule is Cc1ccc(C(=O)Nc2cc(C(F)(F)F)ccn2)cc1C#Cc1ccc2c(c1)N=CCC2CC/C(C=N)=C/NCCO. The summed E-state index contributed by atoms with van der Waals surface area (Å²) in [5.41, 5.74) is 4.37. The van der Waals surface area contributed by atoms with Gasteiger partial charge in [0.1, 0.15) is 5.82 Å². The number of nitrogens with zero attached hydrogens (tertiary/aromatic N) is 2. The van der Waals surface area contributed by atoms with Gasteiger partial charge in [0.2, 0.25) is 0 Å². The molecule has 7 nitrogen and oxygen atoms in total. The first-order valence-electron chi connectivity index (χ1n) is 13.4. The van der Waals surface area contributed by atoms with Crippen LogP contribution >= 0.6 is 0 Å². The molecule has 10 heteroatoms. The van der Waals surface area contributed by atoms with E-state index in [4.69, 9.17) is 10.5 Å². The van der Waals surface area contributed by atoms with Crippen molar-refractivity contribution < 1.29 is 23.1 Å². The average molecular weight is 574 g/mol. The van der Waals surface area contributed by atoms with Crippen molar-refractivity contribution >= 4 is 29.8 Å². The number of aryl methyl sites for hydroxylation is 1. The number of aromatic nitrogens is 1. The molecule has 2 heterocycles. The zero-order valence-electron chi connectivity index (χ0n) is 22.9. The highest BCUT2D eigenvalue weighted by molar-refractivity contribution is 6.04. The number of fused-ring (bicyclic) bond motifs is 1. The number of carbonyl (C=O) groups is 1. The first kappa shape index (κ1) is 30.2. The van der Waals surface area contributed by atoms with E-state index in [1.165, 1.54) is 6.21 Å². The molecule has 1 amide bonds. The Balaban J connectivity index is 1.47. The molecule has 1 atom stereocenters. The topological polar surface area (TPSA) is 110 Å². The summed E-state index contributed by atoms with van der Waals surface area (Å²) < 4.78 is 39.0. The number of aliphatic hydroxyl groups is 1. The number of hydrogen-bond acceptors (Lipinski definition) is 6. The van der Waals surface area contributed by atoms with Crippen LogP contribution in [0.3, 0.4) is 0 Å². The second kappa shape index (κ2) is 13.7. The van der Waals surface area contributed by atoms with Gasteiger partial charge in [-0.25, -0.2) is 4.98 Å². The van der Waals surface area contributed by atoms with E-state index in [1.54, 1.807) is 24.4 Å². The number of aliphatic imine (C=N–C) groups is 1. The van der Waals surface area contributed by atoms with E-state index in [0.29, 0.717) is 18.5 Å². The summed E-state index contributed by atoms with van der Waals surface area (Å²) in [4.78, 5) is 21.1. The van der Waals surface area contributed by atoms with Crippen LogP contribution in [0.5, 0.6) is 0 Å². The van der Waals surface area contributed by atoms with Gasteiger partial charge in [0, 0.05) is 48.1 Å². The number of alkyl halides is 3. The van der Waals surface area contributed by atoms with Gasteiger partial charge in [0.25, 0.3) is 5.91 Å². The number of carbonyl (C=O) groups excluding carboxylic acids is 1. The molecule has 0 fully saturated rings. The van der Waals surface area contributed by atoms with Crippen molar-refractivity contribution in [1.29, 1.82) is 5.41 Å². The lowest BCUT2D eigenvalue weighted by Gasteiger charge is -2.21. The lowest BCUT2D eigenvalue weighted by molar-refractivity contribution is -0.137. The maximum absolute atomic E-state index is 13.0. The summed E-state index contributed by atoms with van der Waals surface area (Å²) in [5, 5.41) is 22.0. The van der Waals surface area contributed by atoms with Crippen molar-refractivity contribution in [3.05, 3.63) is 99.9 Å². The third kappa shape index (κ3) is 7.92. The fourth-order valence-electron chi connectivity index (χ4n) is 4.45. The molecule has 0 radical (unpaired) electrons. The first-order valence-corrected chi connectivity index (χ1v) is 13.4. The Labute approximate surface area is 242 Å². The van der Waals surface area contributed by atoms with Crippen LogP contribution in [0.25, 0.3) is 0 Å². The number of anilines is 1. The van der Waals surface area contributed by atoms with Crippen molar-refractivity contribution in [2.24, 2.45) is 4.99 Å². The Hall–Kier alpha value is -4.75. The lowest BCUT2D eigenvalue weighted by Crippen LogP contribution is -2.14. The minimum absolute atomic E-state index is 0.0286. The average Bonchev–Trinajstić information content (AvgIpc) is 2.98. The molecule has 0 spiro atoms. The number of rotatable bonds is 9. The van der Waals surface area contributed by atoms with Gasteiger partial charge in [-0.05, 0) is 85.2 Å². The minimum Gasteiger partial charge on any atom is -0.395 e. The third-order valence-corrected chi connectivity index (χ3v) is 6.77. The zero-order chi connectivity index (χ0) is 30.1. The standard InChI is InChI=1S/C32H30F3N5O2/c1-21-2-6-26(31(42)40-30-18-27(11-13-39-30)32(33,34)35)17-25(21)8-3-22-5-9-28-24(10-12-38-29(28)16-22)7-4-23(19-36)20-37-14-15-41/h2,5-6,9,11-13,16-20,24,36-37,41H,4,7,10,14-15H2,1H3,(H,39,40,42)/b23-20-,36-19?. The normalized spacial score (nSPS) is 14.4. The van der Waals surface area contributed by atoms with E-state index in [0.717, 1.165) is 59.1 Å². The summed E-state index contributed by atoms with van der Waals surface area (Å²) in [6.07, 6.45) is 3.80. The van der Waals surface area contributed by atoms with Crippen LogP contribution in [0, 0.1) is 24.2 Å². The molecule has 216 valence electrons. The van der Waals surface area contributed by atoms with Gasteiger partial charge >= 0.3 is 6.18 Å². The third-order valence-electron chi connectivity index (χ3n) is 6.77. The van der Waals surface area contributed by atoms with E-state index >= 15 is 0 Å². The molecule has 1 unspecified atom stereocenters. The monoisotopic (exact) mass is 573 g/mol. The fourth-order valence-corrected chi connectivity index (χ4v) is 4.45. The summed E-state index contributed by atoms with van der Waals surface area (Å²) in [7, 11) is 0. The van der Waals surface area contributed by atoms with Crippen molar-refractivity contribution in [3.63, 3.8) is 0 Å². The Morgan fingerprint density at radius 3 is 2.76 bits per heavy atom. The smallest absolute Gasteiger partial charge is 0.395 e. The Morgan fingerprint density at radius 1 is 1.17 bits per heavy atom. The summed E-state index contributed by atoms with van der Waals surface area (Å²) >= 11 is 0. The number of nitrogens with one attached hydrogen (secondary N) is 3. The van der Waals surface area contributed by atoms with E-state index < -0.39 is 17.6 Å². The number of amides is 1. The lowest BCUT2D eigenvalue weighted by atomic mass is 9.87. The van der Waals surface area contributed by atoms with Crippen LogP contribution in [-0.2, 0) is 6.18 Å². The van der Waals surface area contributed by atoms with Crippen molar-refractivity contribution in [2.75, 3.05) is 18.5 Å². The van der Waals surface area contributed by atoms with Crippen LogP contribution < -0.4 is 10.6 Å². The number of pyridine rings is 1. The molecule has 0 saturated carbocycles. The summed E-state index contributed by atoms with van der Waals surface area (Å²) in [6.45, 7) is 2.33. The van der Waals surface area contributed by atoms with E-state index in [1.807, 2.05) is 31.3 Å². The largest absolute Gasteiger partial charge is 0.416 e. The molecule has 4 N–H and O–H groups in total. The van der Waals surface area contributed by atoms with Crippen LogP contribution in [0.1, 0.15) is 63.4 Å². The maximum atomic E-state index is 13.0. The van der Waals surface area contributed by atoms with Gasteiger partial charge in [-0.1, -0.05) is 24.0 Å². The number of allylic oxidation sites excluding steroid dienone is 1. The highest BCUT2D eigenvalue weighted by Crippen LogP contribution is 2.36. The van der Waals surface area contributed by atoms with Crippen molar-refractivity contribution in [1.82, 2.24) is 10.3 Å². The van der Waals surface area contributed by atoms with Gasteiger partial charge < -0.3 is 21.1 Å². The van der Waals surface area contributed by atoms with Gasteiger partial charge in [-0.15, -0.1) is 0 Å². The fraction of sp³-hybridized carbons (Fsp3) is 0.250. The molecule has 4 rings (SSSR count). The minimum atomic E-state index is -4.54. The van der Waals surface area contributed by atoms with Gasteiger partial charge in [0.05, 0.1) is 17.9 Å². The predicted octanol–water partition coefficient (Wildman–Crippen LogP) is 6.15. The highest BCUT2D eigenvalue weighted by atomic mass is 19.4. The predicted molar refractivity (Wildman–Crippen MR) is 157 cm³/mol. The van der Waals surface area contributed by atoms with E-state index in [-0.39, 0.29) is 23.9 Å². The Bertz CT molecular complexity index is 1580. The Morgan fingerprint density at radius 2 is 2.00 bits per heavy atom. The van der Waals surface area contributed by atoms with Gasteiger partial charge in [0.15, 0.2) is 0 Å². The molecule has 1 aliphatic rings. The number of aliphatic hydroxyl groups excluding tert-OH is 1. The maximum Gasteiger partial charge on any atom is 0.416 e. The Kier molecular flexibility index (Phi) is 9.89. The number of hydrogen-bond donors (Lipinski definition) is 4. The molecule has 0 aliphatic carbocycles. The van der Waals surface area contributed by atoms with Crippen LogP contribution in [0.4, 0.5) is 24.7 Å². The zero-order valence-corrected chi connectivity index (χ0v) is 22.9. The van der Waals surface area contributed by atoms with E-state index in [9.17, 15) is 18.0 Å². The first-order chi connectivity index (χ1) is 20.2. The van der Waals surface area contributed by atoms with E-state index in [2.05, 4.69) is 32.5 Å². The molecular weight excluding hydrogens is 543 g/mol. The summed E-state index contributed by atoms with van der Waals surface area (Å²) in [6, 6.07) is 12.4. The highest BCUT2D eigenvalue weighted by Gasteiger charge is 2.31. The molecule has 0 bridgehead atoms. The van der Waals surface area contributed by atoms with Crippen molar-refractivity contribution in [2.45, 2.75) is 38.3 Å².